The van der Waals surface area contributed by atoms with E-state index in [1.807, 2.05) is 21.6 Å². The van der Waals surface area contributed by atoms with Gasteiger partial charge in [0.05, 0.1) is 6.61 Å². The van der Waals surface area contributed by atoms with E-state index in [-0.39, 0.29) is 10.8 Å². The smallest absolute Gasteiger partial charge is 0.119 e. The first-order chi connectivity index (χ1) is 25.2. The number of hydrogen-bond donors (Lipinski definition) is 1. The van der Waals surface area contributed by atoms with Gasteiger partial charge in [-0.3, -0.25) is 0 Å². The molecular formula is C49H69NOS2. The normalized spacial score (nSPS) is 16.2. The summed E-state index contributed by atoms with van der Waals surface area (Å²) in [7, 11) is 3.81. The molecule has 2 aliphatic carbocycles. The Morgan fingerprint density at radius 2 is 1.34 bits per heavy atom. The predicted molar refractivity (Wildman–Crippen MR) is 239 cm³/mol. The van der Waals surface area contributed by atoms with Gasteiger partial charge in [-0.15, -0.1) is 0 Å². The van der Waals surface area contributed by atoms with Gasteiger partial charge in [0.15, 0.2) is 0 Å². The summed E-state index contributed by atoms with van der Waals surface area (Å²) in [6.45, 7) is 29.1. The monoisotopic (exact) mass is 751 g/mol. The van der Waals surface area contributed by atoms with Crippen LogP contribution in [0.2, 0.25) is 0 Å². The molecule has 0 saturated heterocycles. The number of hydrogen-bond acceptors (Lipinski definition) is 4. The lowest BCUT2D eigenvalue weighted by Gasteiger charge is -2.40. The average Bonchev–Trinajstić information content (AvgIpc) is 3.13. The van der Waals surface area contributed by atoms with Crippen molar-refractivity contribution in [1.29, 1.82) is 0 Å². The van der Waals surface area contributed by atoms with Crippen molar-refractivity contribution < 1.29 is 4.74 Å². The second kappa shape index (κ2) is 20.9. The molecule has 4 rings (SSSR count). The quantitative estimate of drug-likeness (QED) is 0.0779. The molecule has 2 unspecified atom stereocenters. The highest BCUT2D eigenvalue weighted by atomic mass is 33.1. The lowest BCUT2D eigenvalue weighted by molar-refractivity contribution is 0.179. The van der Waals surface area contributed by atoms with Crippen molar-refractivity contribution in [2.45, 2.75) is 126 Å². The molecule has 0 fully saturated rings. The van der Waals surface area contributed by atoms with Crippen molar-refractivity contribution in [3.8, 4) is 0 Å². The van der Waals surface area contributed by atoms with Crippen LogP contribution in [0.15, 0.2) is 108 Å². The van der Waals surface area contributed by atoms with Gasteiger partial charge in [0.1, 0.15) is 5.76 Å². The molecule has 0 amide bonds. The van der Waals surface area contributed by atoms with Gasteiger partial charge >= 0.3 is 0 Å². The topological polar surface area (TPSA) is 21.3 Å². The maximum atomic E-state index is 6.00. The SMILES string of the molecule is C=C(CCCSSCCOC(=C)c1ccc(CNC(CC)C2=CC=C(C)CC2)cc1)c1ccc(CC(C)(C)CC(C2=CC=C(C)CC2)C(C)(C)C)cc1. The standard InChI is InChI=1S/C49H69NOS2/c1-11-47(45-24-16-37(3)17-25-45)50-35-41-20-28-43(29-21-41)39(5)51-30-32-53-52-31-12-13-38(4)42-26-18-40(19-27-42)33-49(9,10)34-46(48(6,7)8)44-22-14-36(2)15-23-44/h14,16,18-22,24,26-29,46-47,50H,4-5,11-13,15,17,23,25,30-35H2,1-3,6-10H3. The summed E-state index contributed by atoms with van der Waals surface area (Å²) in [6, 6.07) is 18.3. The lowest BCUT2D eigenvalue weighted by atomic mass is 9.65. The van der Waals surface area contributed by atoms with E-state index >= 15 is 0 Å². The van der Waals surface area contributed by atoms with Crippen LogP contribution in [0, 0.1) is 16.7 Å². The minimum absolute atomic E-state index is 0.229. The maximum absolute atomic E-state index is 6.00. The Hall–Kier alpha value is -2.66. The third-order valence-corrected chi connectivity index (χ3v) is 13.4. The van der Waals surface area contributed by atoms with Gasteiger partial charge in [-0.05, 0) is 111 Å². The van der Waals surface area contributed by atoms with Gasteiger partial charge in [-0.1, -0.05) is 171 Å². The fourth-order valence-electron chi connectivity index (χ4n) is 7.60. The molecule has 2 aliphatic rings. The van der Waals surface area contributed by atoms with Gasteiger partial charge in [0, 0.05) is 29.7 Å². The Kier molecular flexibility index (Phi) is 17.0. The zero-order chi connectivity index (χ0) is 38.4. The van der Waals surface area contributed by atoms with E-state index in [0.29, 0.717) is 18.6 Å². The Labute approximate surface area is 332 Å². The second-order valence-electron chi connectivity index (χ2n) is 17.3. The molecule has 2 atom stereocenters. The van der Waals surface area contributed by atoms with Crippen LogP contribution in [0.25, 0.3) is 11.3 Å². The van der Waals surface area contributed by atoms with E-state index in [0.717, 1.165) is 55.1 Å². The van der Waals surface area contributed by atoms with E-state index in [9.17, 15) is 0 Å². The molecule has 2 aromatic rings. The first-order valence-electron chi connectivity index (χ1n) is 20.1. The minimum atomic E-state index is 0.229. The van der Waals surface area contributed by atoms with Gasteiger partial charge in [-0.2, -0.15) is 0 Å². The number of nitrogens with one attached hydrogen (secondary N) is 1. The number of benzene rings is 2. The van der Waals surface area contributed by atoms with Crippen molar-refractivity contribution in [3.05, 3.63) is 131 Å². The average molecular weight is 752 g/mol. The minimum Gasteiger partial charge on any atom is -0.493 e. The highest BCUT2D eigenvalue weighted by Crippen LogP contribution is 2.44. The predicted octanol–water partition coefficient (Wildman–Crippen LogP) is 14.4. The van der Waals surface area contributed by atoms with Crippen molar-refractivity contribution >= 4 is 32.9 Å². The van der Waals surface area contributed by atoms with Crippen molar-refractivity contribution in [2.75, 3.05) is 18.1 Å². The molecule has 0 aliphatic heterocycles. The molecule has 4 heteroatoms. The largest absolute Gasteiger partial charge is 0.493 e. The van der Waals surface area contributed by atoms with E-state index in [1.54, 1.807) is 5.57 Å². The Morgan fingerprint density at radius 3 is 1.92 bits per heavy atom. The molecule has 0 heterocycles. The first kappa shape index (κ1) is 43.1. The Balaban J connectivity index is 1.09. The van der Waals surface area contributed by atoms with Crippen molar-refractivity contribution in [1.82, 2.24) is 5.32 Å². The zero-order valence-electron chi connectivity index (χ0n) is 34.4. The van der Waals surface area contributed by atoms with Gasteiger partial charge in [0.25, 0.3) is 0 Å². The van der Waals surface area contributed by atoms with Gasteiger partial charge in [-0.25, -0.2) is 0 Å². The zero-order valence-corrected chi connectivity index (χ0v) is 36.0. The maximum Gasteiger partial charge on any atom is 0.119 e. The molecule has 0 saturated carbocycles. The van der Waals surface area contributed by atoms with Crippen LogP contribution in [0.5, 0.6) is 0 Å². The number of allylic oxidation sites excluding steroid dienone is 8. The summed E-state index contributed by atoms with van der Waals surface area (Å²) in [6.07, 6.45) is 19.7. The van der Waals surface area contributed by atoms with Crippen LogP contribution in [0.3, 0.4) is 0 Å². The summed E-state index contributed by atoms with van der Waals surface area (Å²) in [5.74, 6) is 3.41. The van der Waals surface area contributed by atoms with E-state index in [4.69, 9.17) is 4.74 Å². The summed E-state index contributed by atoms with van der Waals surface area (Å²) < 4.78 is 6.00. The molecule has 2 aromatic carbocycles. The molecule has 0 bridgehead atoms. The van der Waals surface area contributed by atoms with Crippen LogP contribution in [-0.2, 0) is 17.7 Å². The fraction of sp³-hybridized carbons (Fsp3) is 0.510. The molecular weight excluding hydrogens is 683 g/mol. The van der Waals surface area contributed by atoms with Crippen LogP contribution < -0.4 is 5.32 Å². The fourth-order valence-corrected chi connectivity index (χ4v) is 9.51. The van der Waals surface area contributed by atoms with Crippen LogP contribution in [0.4, 0.5) is 0 Å². The molecule has 2 nitrogen and oxygen atoms in total. The lowest BCUT2D eigenvalue weighted by Crippen LogP contribution is -2.30. The summed E-state index contributed by atoms with van der Waals surface area (Å²) in [4.78, 5) is 0. The first-order valence-corrected chi connectivity index (χ1v) is 22.6. The second-order valence-corrected chi connectivity index (χ2v) is 20.0. The van der Waals surface area contributed by atoms with Crippen molar-refractivity contribution in [3.63, 3.8) is 0 Å². The van der Waals surface area contributed by atoms with E-state index in [2.05, 4.69) is 147 Å². The summed E-state index contributed by atoms with van der Waals surface area (Å²) in [5, 5.41) is 3.76. The Bertz CT molecular complexity index is 1610. The molecule has 0 spiro atoms. The highest BCUT2D eigenvalue weighted by molar-refractivity contribution is 8.76. The Morgan fingerprint density at radius 1 is 0.755 bits per heavy atom. The summed E-state index contributed by atoms with van der Waals surface area (Å²) in [5.41, 5.74) is 12.9. The van der Waals surface area contributed by atoms with Crippen LogP contribution in [-0.4, -0.2) is 24.2 Å². The molecule has 53 heavy (non-hydrogen) atoms. The molecule has 288 valence electrons. The van der Waals surface area contributed by atoms with Crippen molar-refractivity contribution in [2.24, 2.45) is 16.7 Å². The highest BCUT2D eigenvalue weighted by Gasteiger charge is 2.34. The van der Waals surface area contributed by atoms with Crippen LogP contribution >= 0.6 is 21.6 Å². The molecule has 0 aromatic heterocycles. The molecule has 0 radical (unpaired) electrons. The third kappa shape index (κ3) is 14.5. The van der Waals surface area contributed by atoms with Crippen LogP contribution in [0.1, 0.15) is 129 Å². The van der Waals surface area contributed by atoms with Gasteiger partial charge in [0.2, 0.25) is 0 Å². The van der Waals surface area contributed by atoms with E-state index < -0.39 is 0 Å². The number of rotatable bonds is 21. The molecule has 1 N–H and O–H groups in total. The number of ether oxygens (including phenoxy) is 1. The summed E-state index contributed by atoms with van der Waals surface area (Å²) >= 11 is 0. The van der Waals surface area contributed by atoms with Gasteiger partial charge < -0.3 is 10.1 Å². The van der Waals surface area contributed by atoms with E-state index in [1.165, 1.54) is 71.1 Å². The third-order valence-electron chi connectivity index (χ3n) is 11.0.